The highest BCUT2D eigenvalue weighted by molar-refractivity contribution is 6.43. The number of fused-ring (bicyclic) bond motifs is 1. The maximum atomic E-state index is 11.2. The molecule has 0 amide bonds. The molecule has 4 rings (SSSR count). The molecule has 0 atom stereocenters. The van der Waals surface area contributed by atoms with E-state index in [1.54, 1.807) is 6.92 Å². The van der Waals surface area contributed by atoms with Gasteiger partial charge >= 0.3 is 5.97 Å². The standard InChI is InChI=1S/C27H33Cl2N3O4/c1-2-26(33)36-19-35-25-11-9-20-8-10-21(18-23(20)30-25)34-17-4-3-12-31-13-15-32(16-14-31)24-7-5-6-22(28)27(24)29/h5-8,10,18H,2-4,9,11-17,19H2,1H3. The molecule has 0 unspecified atom stereocenters. The summed E-state index contributed by atoms with van der Waals surface area (Å²) in [7, 11) is 0. The Morgan fingerprint density at radius 3 is 2.67 bits per heavy atom. The summed E-state index contributed by atoms with van der Waals surface area (Å²) in [6.45, 7) is 7.27. The average molecular weight is 534 g/mol. The smallest absolute Gasteiger partial charge is 0.308 e. The summed E-state index contributed by atoms with van der Waals surface area (Å²) in [6.07, 6.45) is 3.92. The molecule has 0 N–H and O–H groups in total. The Morgan fingerprint density at radius 1 is 1.03 bits per heavy atom. The SMILES string of the molecule is CCC(=O)OCOC1=Nc2cc(OCCCCN3CCN(c4cccc(Cl)c4Cl)CC3)ccc2CC1. The van der Waals surface area contributed by atoms with Crippen LogP contribution in [0.25, 0.3) is 0 Å². The number of ether oxygens (including phenoxy) is 3. The van der Waals surface area contributed by atoms with Gasteiger partial charge in [0.05, 0.1) is 28.0 Å². The van der Waals surface area contributed by atoms with Crippen LogP contribution in [0.5, 0.6) is 5.75 Å². The first-order valence-corrected chi connectivity index (χ1v) is 13.3. The van der Waals surface area contributed by atoms with Crippen molar-refractivity contribution in [1.82, 2.24) is 4.90 Å². The first-order valence-electron chi connectivity index (χ1n) is 12.6. The molecule has 0 saturated carbocycles. The van der Waals surface area contributed by atoms with Gasteiger partial charge in [0, 0.05) is 45.1 Å². The van der Waals surface area contributed by atoms with Gasteiger partial charge in [0.1, 0.15) is 5.75 Å². The van der Waals surface area contributed by atoms with E-state index in [1.807, 2.05) is 30.3 Å². The number of piperazine rings is 1. The van der Waals surface area contributed by atoms with Crippen molar-refractivity contribution in [2.75, 3.05) is 51.0 Å². The number of nitrogens with zero attached hydrogens (tertiary/aromatic N) is 3. The predicted octanol–water partition coefficient (Wildman–Crippen LogP) is 5.88. The first-order chi connectivity index (χ1) is 17.5. The molecule has 2 heterocycles. The van der Waals surface area contributed by atoms with Crippen molar-refractivity contribution in [3.05, 3.63) is 52.0 Å². The zero-order chi connectivity index (χ0) is 25.3. The van der Waals surface area contributed by atoms with Gasteiger partial charge in [0.25, 0.3) is 0 Å². The lowest BCUT2D eigenvalue weighted by molar-refractivity contribution is -0.150. The van der Waals surface area contributed by atoms with E-state index in [-0.39, 0.29) is 12.8 Å². The number of carbonyl (C=O) groups excluding carboxylic acids is 1. The number of carbonyl (C=O) groups is 1. The van der Waals surface area contributed by atoms with Crippen LogP contribution in [-0.4, -0.2) is 62.9 Å². The number of unbranched alkanes of at least 4 members (excludes halogenated alkanes) is 1. The summed E-state index contributed by atoms with van der Waals surface area (Å²) >= 11 is 12.6. The molecule has 0 aliphatic carbocycles. The van der Waals surface area contributed by atoms with Crippen molar-refractivity contribution in [3.63, 3.8) is 0 Å². The lowest BCUT2D eigenvalue weighted by Crippen LogP contribution is -2.46. The third-order valence-electron chi connectivity index (χ3n) is 6.43. The second-order valence-electron chi connectivity index (χ2n) is 8.89. The molecule has 1 fully saturated rings. The molecule has 0 radical (unpaired) electrons. The number of esters is 1. The lowest BCUT2D eigenvalue weighted by atomic mass is 10.0. The van der Waals surface area contributed by atoms with Crippen molar-refractivity contribution < 1.29 is 19.0 Å². The van der Waals surface area contributed by atoms with Crippen LogP contribution in [0.4, 0.5) is 11.4 Å². The number of rotatable bonds is 10. The second kappa shape index (κ2) is 13.2. The highest BCUT2D eigenvalue weighted by Crippen LogP contribution is 2.33. The largest absolute Gasteiger partial charge is 0.494 e. The highest BCUT2D eigenvalue weighted by Gasteiger charge is 2.19. The molecule has 7 nitrogen and oxygen atoms in total. The van der Waals surface area contributed by atoms with E-state index in [0.29, 0.717) is 35.4 Å². The summed E-state index contributed by atoms with van der Waals surface area (Å²) in [6, 6.07) is 11.8. The zero-order valence-corrected chi connectivity index (χ0v) is 22.2. The molecule has 2 aliphatic heterocycles. The third-order valence-corrected chi connectivity index (χ3v) is 7.23. The molecule has 0 bridgehead atoms. The maximum Gasteiger partial charge on any atom is 0.308 e. The number of hydrogen-bond donors (Lipinski definition) is 0. The summed E-state index contributed by atoms with van der Waals surface area (Å²) in [5, 5.41) is 1.24. The normalized spacial score (nSPS) is 15.8. The number of benzene rings is 2. The van der Waals surface area contributed by atoms with E-state index in [4.69, 9.17) is 37.4 Å². The van der Waals surface area contributed by atoms with Gasteiger partial charge in [-0.15, -0.1) is 0 Å². The molecule has 2 aromatic rings. The second-order valence-corrected chi connectivity index (χ2v) is 9.67. The van der Waals surface area contributed by atoms with Crippen LogP contribution in [0.15, 0.2) is 41.4 Å². The third kappa shape index (κ3) is 7.28. The van der Waals surface area contributed by atoms with Crippen LogP contribution in [0.1, 0.15) is 38.2 Å². The van der Waals surface area contributed by atoms with E-state index in [0.717, 1.165) is 69.1 Å². The summed E-state index contributed by atoms with van der Waals surface area (Å²) in [5.74, 6) is 1.11. The van der Waals surface area contributed by atoms with Crippen molar-refractivity contribution in [1.29, 1.82) is 0 Å². The van der Waals surface area contributed by atoms with Crippen molar-refractivity contribution >= 4 is 46.4 Å². The predicted molar refractivity (Wildman–Crippen MR) is 144 cm³/mol. The molecule has 1 saturated heterocycles. The van der Waals surface area contributed by atoms with E-state index < -0.39 is 0 Å². The van der Waals surface area contributed by atoms with Gasteiger partial charge in [-0.25, -0.2) is 4.99 Å². The van der Waals surface area contributed by atoms with Gasteiger partial charge in [-0.1, -0.05) is 42.3 Å². The average Bonchev–Trinajstić information content (AvgIpc) is 2.90. The molecule has 9 heteroatoms. The van der Waals surface area contributed by atoms with Gasteiger partial charge in [-0.2, -0.15) is 0 Å². The molecule has 36 heavy (non-hydrogen) atoms. The van der Waals surface area contributed by atoms with Crippen LogP contribution < -0.4 is 9.64 Å². The number of anilines is 1. The molecular weight excluding hydrogens is 501 g/mol. The molecule has 0 aromatic heterocycles. The monoisotopic (exact) mass is 533 g/mol. The Labute approximate surface area is 222 Å². The fourth-order valence-corrected chi connectivity index (χ4v) is 4.74. The Kier molecular flexibility index (Phi) is 9.73. The minimum absolute atomic E-state index is 0.0968. The van der Waals surface area contributed by atoms with Crippen LogP contribution >= 0.6 is 23.2 Å². The van der Waals surface area contributed by atoms with E-state index in [2.05, 4.69) is 20.9 Å². The van der Waals surface area contributed by atoms with Crippen LogP contribution in [-0.2, 0) is 20.7 Å². The van der Waals surface area contributed by atoms with Gasteiger partial charge in [-0.3, -0.25) is 9.69 Å². The zero-order valence-electron chi connectivity index (χ0n) is 20.7. The Bertz CT molecular complexity index is 1070. The van der Waals surface area contributed by atoms with Crippen molar-refractivity contribution in [2.45, 2.75) is 39.0 Å². The summed E-state index contributed by atoms with van der Waals surface area (Å²) in [4.78, 5) is 20.6. The number of halogens is 2. The molecule has 194 valence electrons. The highest BCUT2D eigenvalue weighted by atomic mass is 35.5. The van der Waals surface area contributed by atoms with Crippen LogP contribution in [0.2, 0.25) is 10.0 Å². The molecular formula is C27H33Cl2N3O4. The van der Waals surface area contributed by atoms with Crippen LogP contribution in [0.3, 0.4) is 0 Å². The minimum atomic E-state index is -0.285. The fraction of sp³-hybridized carbons (Fsp3) is 0.481. The van der Waals surface area contributed by atoms with Crippen molar-refractivity contribution in [2.24, 2.45) is 4.99 Å². The first kappa shape index (κ1) is 26.6. The Balaban J connectivity index is 1.15. The van der Waals surface area contributed by atoms with Gasteiger partial charge in [-0.05, 0) is 49.6 Å². The molecule has 2 aliphatic rings. The maximum absolute atomic E-state index is 11.2. The number of aliphatic imine (C=N–C) groups is 1. The fourth-order valence-electron chi connectivity index (χ4n) is 4.33. The van der Waals surface area contributed by atoms with Gasteiger partial charge < -0.3 is 19.1 Å². The topological polar surface area (TPSA) is 63.6 Å². The summed E-state index contributed by atoms with van der Waals surface area (Å²) < 4.78 is 16.5. The molecule has 0 spiro atoms. The molecule has 2 aromatic carbocycles. The quantitative estimate of drug-likeness (QED) is 0.216. The van der Waals surface area contributed by atoms with Gasteiger partial charge in [0.15, 0.2) is 5.90 Å². The minimum Gasteiger partial charge on any atom is -0.494 e. The van der Waals surface area contributed by atoms with E-state index in [9.17, 15) is 4.79 Å². The Morgan fingerprint density at radius 2 is 1.86 bits per heavy atom. The lowest BCUT2D eigenvalue weighted by Gasteiger charge is -2.36. The summed E-state index contributed by atoms with van der Waals surface area (Å²) in [5.41, 5.74) is 3.04. The van der Waals surface area contributed by atoms with E-state index in [1.165, 1.54) is 5.56 Å². The number of hydrogen-bond acceptors (Lipinski definition) is 7. The Hall–Kier alpha value is -2.48. The number of aryl methyl sites for hydroxylation is 1. The van der Waals surface area contributed by atoms with Gasteiger partial charge in [0.2, 0.25) is 6.79 Å². The van der Waals surface area contributed by atoms with Crippen LogP contribution in [0, 0.1) is 0 Å². The van der Waals surface area contributed by atoms with E-state index >= 15 is 0 Å². The van der Waals surface area contributed by atoms with Crippen molar-refractivity contribution in [3.8, 4) is 5.75 Å².